The smallest absolute Gasteiger partial charge is 0.0252 e. The van der Waals surface area contributed by atoms with Crippen LogP contribution in [0.3, 0.4) is 0 Å². The predicted molar refractivity (Wildman–Crippen MR) is 80.2 cm³/mol. The van der Waals surface area contributed by atoms with Crippen molar-refractivity contribution in [3.63, 3.8) is 0 Å². The molecule has 1 saturated carbocycles. The summed E-state index contributed by atoms with van der Waals surface area (Å²) in [5, 5.41) is 0. The highest BCUT2D eigenvalue weighted by Gasteiger charge is 2.43. The van der Waals surface area contributed by atoms with Crippen LogP contribution in [-0.2, 0) is 0 Å². The lowest BCUT2D eigenvalue weighted by atomic mass is 9.87. The van der Waals surface area contributed by atoms with E-state index in [2.05, 4.69) is 49.1 Å². The molecule has 3 rings (SSSR count). The quantitative estimate of drug-likeness (QED) is 0.883. The summed E-state index contributed by atoms with van der Waals surface area (Å²) in [4.78, 5) is 2.65. The molecular formula is C17H26N2. The van der Waals surface area contributed by atoms with Crippen LogP contribution in [0.15, 0.2) is 30.3 Å². The Bertz CT molecular complexity index is 426. The van der Waals surface area contributed by atoms with Gasteiger partial charge in [0, 0.05) is 18.6 Å². The van der Waals surface area contributed by atoms with Crippen molar-refractivity contribution in [1.29, 1.82) is 0 Å². The average Bonchev–Trinajstić information content (AvgIpc) is 2.98. The van der Waals surface area contributed by atoms with Gasteiger partial charge in [-0.3, -0.25) is 4.90 Å². The van der Waals surface area contributed by atoms with Crippen LogP contribution >= 0.6 is 0 Å². The third-order valence-corrected chi connectivity index (χ3v) is 5.36. The fraction of sp³-hybridized carbons (Fsp3) is 0.647. The topological polar surface area (TPSA) is 29.3 Å². The summed E-state index contributed by atoms with van der Waals surface area (Å²) < 4.78 is 0. The van der Waals surface area contributed by atoms with E-state index in [1.165, 1.54) is 37.9 Å². The molecule has 2 N–H and O–H groups in total. The summed E-state index contributed by atoms with van der Waals surface area (Å²) in [5.74, 6) is 0.706. The van der Waals surface area contributed by atoms with E-state index in [1.54, 1.807) is 0 Å². The van der Waals surface area contributed by atoms with Crippen molar-refractivity contribution in [3.05, 3.63) is 35.9 Å². The van der Waals surface area contributed by atoms with Gasteiger partial charge in [-0.2, -0.15) is 0 Å². The van der Waals surface area contributed by atoms with Gasteiger partial charge in [0.15, 0.2) is 0 Å². The molecule has 104 valence electrons. The second-order valence-electron chi connectivity index (χ2n) is 7.01. The van der Waals surface area contributed by atoms with E-state index in [4.69, 9.17) is 5.73 Å². The summed E-state index contributed by atoms with van der Waals surface area (Å²) in [6.45, 7) is 7.05. The number of nitrogens with zero attached hydrogens (tertiary/aromatic N) is 1. The van der Waals surface area contributed by atoms with Crippen molar-refractivity contribution in [2.24, 2.45) is 11.1 Å². The van der Waals surface area contributed by atoms with Crippen LogP contribution in [0.2, 0.25) is 0 Å². The van der Waals surface area contributed by atoms with Crippen molar-refractivity contribution in [3.8, 4) is 0 Å². The molecule has 0 aromatic heterocycles. The molecule has 1 saturated heterocycles. The molecule has 3 unspecified atom stereocenters. The van der Waals surface area contributed by atoms with E-state index < -0.39 is 0 Å². The van der Waals surface area contributed by atoms with E-state index in [0.717, 1.165) is 0 Å². The molecular weight excluding hydrogens is 232 g/mol. The van der Waals surface area contributed by atoms with Crippen molar-refractivity contribution >= 4 is 0 Å². The van der Waals surface area contributed by atoms with Gasteiger partial charge in [-0.1, -0.05) is 44.2 Å². The second-order valence-corrected chi connectivity index (χ2v) is 7.01. The van der Waals surface area contributed by atoms with E-state index in [9.17, 15) is 0 Å². The van der Waals surface area contributed by atoms with Gasteiger partial charge in [-0.15, -0.1) is 0 Å². The zero-order valence-corrected chi connectivity index (χ0v) is 12.2. The van der Waals surface area contributed by atoms with Crippen LogP contribution in [0.25, 0.3) is 0 Å². The van der Waals surface area contributed by atoms with Crippen LogP contribution < -0.4 is 5.73 Å². The monoisotopic (exact) mass is 258 g/mol. The van der Waals surface area contributed by atoms with Crippen LogP contribution in [0.1, 0.15) is 44.6 Å². The summed E-state index contributed by atoms with van der Waals surface area (Å²) in [6, 6.07) is 11.9. The van der Waals surface area contributed by atoms with Gasteiger partial charge in [-0.25, -0.2) is 0 Å². The van der Waals surface area contributed by atoms with Gasteiger partial charge in [0.05, 0.1) is 0 Å². The minimum Gasteiger partial charge on any atom is -0.326 e. The van der Waals surface area contributed by atoms with Gasteiger partial charge in [0.1, 0.15) is 0 Å². The van der Waals surface area contributed by atoms with E-state index in [-0.39, 0.29) is 0 Å². The normalized spacial score (nSPS) is 34.8. The van der Waals surface area contributed by atoms with Crippen molar-refractivity contribution in [2.45, 2.75) is 51.1 Å². The summed E-state index contributed by atoms with van der Waals surface area (Å²) in [6.07, 6.45) is 3.83. The number of hydrogen-bond donors (Lipinski definition) is 1. The minimum absolute atomic E-state index is 0.315. The first-order valence-electron chi connectivity index (χ1n) is 7.62. The van der Waals surface area contributed by atoms with Gasteiger partial charge >= 0.3 is 0 Å². The molecule has 0 radical (unpaired) electrons. The average molecular weight is 258 g/mol. The van der Waals surface area contributed by atoms with Gasteiger partial charge in [0.25, 0.3) is 0 Å². The Morgan fingerprint density at radius 1 is 1.16 bits per heavy atom. The maximum atomic E-state index is 6.48. The number of hydrogen-bond acceptors (Lipinski definition) is 2. The molecule has 19 heavy (non-hydrogen) atoms. The van der Waals surface area contributed by atoms with E-state index in [0.29, 0.717) is 23.4 Å². The SMILES string of the molecule is CC1(C)CCC(N2CCC(c3ccccc3)C2)C1N. The fourth-order valence-corrected chi connectivity index (χ4v) is 3.88. The predicted octanol–water partition coefficient (Wildman–Crippen LogP) is 2.99. The lowest BCUT2D eigenvalue weighted by Crippen LogP contribution is -2.48. The largest absolute Gasteiger partial charge is 0.326 e. The molecule has 2 nitrogen and oxygen atoms in total. The second kappa shape index (κ2) is 4.92. The Morgan fingerprint density at radius 3 is 2.53 bits per heavy atom. The Labute approximate surface area is 117 Å². The molecule has 2 aliphatic rings. The molecule has 0 bridgehead atoms. The third-order valence-electron chi connectivity index (χ3n) is 5.36. The first-order valence-corrected chi connectivity index (χ1v) is 7.62. The summed E-state index contributed by atoms with van der Waals surface area (Å²) in [7, 11) is 0. The molecule has 1 aromatic rings. The van der Waals surface area contributed by atoms with Crippen LogP contribution in [0, 0.1) is 5.41 Å². The van der Waals surface area contributed by atoms with Crippen LogP contribution in [0.4, 0.5) is 0 Å². The standard InChI is InChI=1S/C17H26N2/c1-17(2)10-8-15(16(17)18)19-11-9-14(12-19)13-6-4-3-5-7-13/h3-7,14-16H,8-12,18H2,1-2H3. The van der Waals surface area contributed by atoms with Crippen LogP contribution in [-0.4, -0.2) is 30.1 Å². The molecule has 1 aliphatic carbocycles. The maximum absolute atomic E-state index is 6.48. The summed E-state index contributed by atoms with van der Waals surface area (Å²) >= 11 is 0. The Morgan fingerprint density at radius 2 is 1.89 bits per heavy atom. The van der Waals surface area contributed by atoms with Crippen molar-refractivity contribution in [2.75, 3.05) is 13.1 Å². The van der Waals surface area contributed by atoms with Gasteiger partial charge < -0.3 is 5.73 Å². The Balaban J connectivity index is 1.67. The molecule has 2 fully saturated rings. The zero-order chi connectivity index (χ0) is 13.5. The van der Waals surface area contributed by atoms with Crippen molar-refractivity contribution < 1.29 is 0 Å². The minimum atomic E-state index is 0.315. The lowest BCUT2D eigenvalue weighted by Gasteiger charge is -2.32. The number of rotatable bonds is 2. The highest BCUT2D eigenvalue weighted by atomic mass is 15.2. The van der Waals surface area contributed by atoms with E-state index >= 15 is 0 Å². The Hall–Kier alpha value is -0.860. The molecule has 1 aromatic carbocycles. The maximum Gasteiger partial charge on any atom is 0.0252 e. The first kappa shape index (κ1) is 13.1. The molecule has 3 atom stereocenters. The number of benzene rings is 1. The highest BCUT2D eigenvalue weighted by Crippen LogP contribution is 2.41. The van der Waals surface area contributed by atoms with Crippen molar-refractivity contribution in [1.82, 2.24) is 4.90 Å². The molecule has 0 spiro atoms. The Kier molecular flexibility index (Phi) is 3.40. The fourth-order valence-electron chi connectivity index (χ4n) is 3.88. The first-order chi connectivity index (χ1) is 9.08. The van der Waals surface area contributed by atoms with E-state index in [1.807, 2.05) is 0 Å². The zero-order valence-electron chi connectivity index (χ0n) is 12.2. The molecule has 2 heteroatoms. The number of nitrogens with two attached hydrogens (primary N) is 1. The molecule has 0 amide bonds. The highest BCUT2D eigenvalue weighted by molar-refractivity contribution is 5.21. The lowest BCUT2D eigenvalue weighted by molar-refractivity contribution is 0.196. The van der Waals surface area contributed by atoms with Gasteiger partial charge in [-0.05, 0) is 42.7 Å². The molecule has 1 heterocycles. The summed E-state index contributed by atoms with van der Waals surface area (Å²) in [5.41, 5.74) is 8.29. The van der Waals surface area contributed by atoms with Gasteiger partial charge in [0.2, 0.25) is 0 Å². The third kappa shape index (κ3) is 2.44. The number of likely N-dealkylation sites (tertiary alicyclic amines) is 1. The van der Waals surface area contributed by atoms with Crippen LogP contribution in [0.5, 0.6) is 0 Å². The molecule has 1 aliphatic heterocycles.